The van der Waals surface area contributed by atoms with Crippen LogP contribution in [0.4, 0.5) is 0 Å². The number of aliphatic carboxylic acids is 1. The van der Waals surface area contributed by atoms with Crippen LogP contribution in [0.2, 0.25) is 0 Å². The maximum absolute atomic E-state index is 12.4. The quantitative estimate of drug-likeness (QED) is 0.905. The molecule has 0 aromatic heterocycles. The highest BCUT2D eigenvalue weighted by molar-refractivity contribution is 9.10. The minimum absolute atomic E-state index is 0.195. The number of rotatable bonds is 5. The molecule has 1 aliphatic rings. The van der Waals surface area contributed by atoms with Gasteiger partial charge < -0.3 is 10.0 Å². The lowest BCUT2D eigenvalue weighted by Crippen LogP contribution is -2.37. The molecule has 1 aromatic carbocycles. The van der Waals surface area contributed by atoms with Crippen LogP contribution in [-0.4, -0.2) is 35.0 Å². The van der Waals surface area contributed by atoms with E-state index in [0.29, 0.717) is 18.0 Å². The van der Waals surface area contributed by atoms with E-state index in [1.54, 1.807) is 12.1 Å². The van der Waals surface area contributed by atoms with Crippen LogP contribution in [0.25, 0.3) is 0 Å². The minimum Gasteiger partial charge on any atom is -0.480 e. The molecular weight excluding hydrogens is 310 g/mol. The zero-order valence-corrected chi connectivity index (χ0v) is 12.3. The first-order valence-corrected chi connectivity index (χ1v) is 7.04. The molecule has 1 saturated carbocycles. The number of halogens is 1. The Morgan fingerprint density at radius 3 is 2.63 bits per heavy atom. The number of carbonyl (C=O) groups is 2. The van der Waals surface area contributed by atoms with Crippen molar-refractivity contribution in [3.8, 4) is 0 Å². The molecule has 0 bridgehead atoms. The van der Waals surface area contributed by atoms with Crippen molar-refractivity contribution in [1.82, 2.24) is 4.90 Å². The fourth-order valence-corrected chi connectivity index (χ4v) is 2.51. The predicted octanol–water partition coefficient (Wildman–Crippen LogP) is 2.69. The number of carboxylic acid groups (broad SMARTS) is 1. The largest absolute Gasteiger partial charge is 0.480 e. The lowest BCUT2D eigenvalue weighted by atomic mass is 10.1. The lowest BCUT2D eigenvalue weighted by molar-refractivity contribution is -0.137. The van der Waals surface area contributed by atoms with Crippen LogP contribution < -0.4 is 0 Å². The summed E-state index contributed by atoms with van der Waals surface area (Å²) in [6.07, 6.45) is 2.17. The molecule has 0 aliphatic heterocycles. The van der Waals surface area contributed by atoms with Crippen LogP contribution in [0.15, 0.2) is 22.7 Å². The minimum atomic E-state index is -0.969. The Labute approximate surface area is 120 Å². The molecule has 0 heterocycles. The molecule has 0 saturated heterocycles. The van der Waals surface area contributed by atoms with Crippen molar-refractivity contribution in [2.75, 3.05) is 13.1 Å². The fourth-order valence-electron chi connectivity index (χ4n) is 2.03. The van der Waals surface area contributed by atoms with Gasteiger partial charge in [0, 0.05) is 16.6 Å². The van der Waals surface area contributed by atoms with Gasteiger partial charge in [0.15, 0.2) is 0 Å². The summed E-state index contributed by atoms with van der Waals surface area (Å²) in [4.78, 5) is 24.7. The first-order chi connectivity index (χ1) is 8.97. The van der Waals surface area contributed by atoms with Crippen molar-refractivity contribution in [3.05, 3.63) is 33.8 Å². The molecule has 4 nitrogen and oxygen atoms in total. The zero-order valence-electron chi connectivity index (χ0n) is 10.7. The van der Waals surface area contributed by atoms with Gasteiger partial charge in [-0.05, 0) is 49.4 Å². The van der Waals surface area contributed by atoms with Gasteiger partial charge in [-0.3, -0.25) is 9.59 Å². The molecule has 1 N–H and O–H groups in total. The van der Waals surface area contributed by atoms with E-state index in [9.17, 15) is 9.59 Å². The number of carboxylic acids is 1. The Morgan fingerprint density at radius 1 is 1.42 bits per heavy atom. The van der Waals surface area contributed by atoms with Crippen molar-refractivity contribution in [2.45, 2.75) is 19.8 Å². The van der Waals surface area contributed by atoms with Crippen molar-refractivity contribution in [1.29, 1.82) is 0 Å². The number of aryl methyl sites for hydroxylation is 1. The third-order valence-corrected chi connectivity index (χ3v) is 3.70. The summed E-state index contributed by atoms with van der Waals surface area (Å²) >= 11 is 3.35. The van der Waals surface area contributed by atoms with Gasteiger partial charge in [-0.1, -0.05) is 15.9 Å². The van der Waals surface area contributed by atoms with Crippen LogP contribution in [0.1, 0.15) is 28.8 Å². The molecule has 19 heavy (non-hydrogen) atoms. The molecule has 1 fully saturated rings. The van der Waals surface area contributed by atoms with Gasteiger partial charge in [0.25, 0.3) is 5.91 Å². The highest BCUT2D eigenvalue weighted by Gasteiger charge is 2.28. The maximum atomic E-state index is 12.4. The van der Waals surface area contributed by atoms with E-state index in [1.165, 1.54) is 4.90 Å². The molecule has 102 valence electrons. The molecule has 2 rings (SSSR count). The normalized spacial score (nSPS) is 14.2. The molecular formula is C14H16BrNO3. The van der Waals surface area contributed by atoms with Crippen molar-refractivity contribution in [3.63, 3.8) is 0 Å². The first kappa shape index (κ1) is 14.1. The monoisotopic (exact) mass is 325 g/mol. The van der Waals surface area contributed by atoms with Crippen LogP contribution in [0.5, 0.6) is 0 Å². The van der Waals surface area contributed by atoms with E-state index < -0.39 is 5.97 Å². The summed E-state index contributed by atoms with van der Waals surface area (Å²) in [5.74, 6) is -0.692. The van der Waals surface area contributed by atoms with Crippen molar-refractivity contribution >= 4 is 27.8 Å². The third-order valence-electron chi connectivity index (χ3n) is 3.21. The van der Waals surface area contributed by atoms with Crippen molar-refractivity contribution < 1.29 is 14.7 Å². The predicted molar refractivity (Wildman–Crippen MR) is 75.1 cm³/mol. The second-order valence-corrected chi connectivity index (χ2v) is 5.90. The summed E-state index contributed by atoms with van der Waals surface area (Å²) in [6.45, 7) is 2.17. The van der Waals surface area contributed by atoms with E-state index in [4.69, 9.17) is 5.11 Å². The van der Waals surface area contributed by atoms with Gasteiger partial charge >= 0.3 is 5.97 Å². The Hall–Kier alpha value is -1.36. The Morgan fingerprint density at radius 2 is 2.11 bits per heavy atom. The van der Waals surface area contributed by atoms with Gasteiger partial charge in [-0.15, -0.1) is 0 Å². The molecule has 0 unspecified atom stereocenters. The highest BCUT2D eigenvalue weighted by Crippen LogP contribution is 2.30. The topological polar surface area (TPSA) is 57.6 Å². The number of hydrogen-bond acceptors (Lipinski definition) is 2. The Kier molecular flexibility index (Phi) is 4.24. The summed E-state index contributed by atoms with van der Waals surface area (Å²) in [5.41, 5.74) is 1.43. The van der Waals surface area contributed by atoms with Crippen LogP contribution in [0.3, 0.4) is 0 Å². The second kappa shape index (κ2) is 5.74. The maximum Gasteiger partial charge on any atom is 0.323 e. The SMILES string of the molecule is Cc1cc(Br)ccc1C(=O)N(CC(=O)O)CC1CC1. The first-order valence-electron chi connectivity index (χ1n) is 6.24. The standard InChI is InChI=1S/C14H16BrNO3/c1-9-6-11(15)4-5-12(9)14(19)16(8-13(17)18)7-10-2-3-10/h4-6,10H,2-3,7-8H2,1H3,(H,17,18). The van der Waals surface area contributed by atoms with Gasteiger partial charge in [-0.2, -0.15) is 0 Å². The Bertz CT molecular complexity index is 511. The molecule has 1 aromatic rings. The van der Waals surface area contributed by atoms with E-state index in [1.807, 2.05) is 13.0 Å². The summed E-state index contributed by atoms with van der Waals surface area (Å²) in [7, 11) is 0. The average molecular weight is 326 g/mol. The molecule has 5 heteroatoms. The van der Waals surface area contributed by atoms with Crippen molar-refractivity contribution in [2.24, 2.45) is 5.92 Å². The van der Waals surface area contributed by atoms with Crippen LogP contribution in [-0.2, 0) is 4.79 Å². The number of nitrogens with zero attached hydrogens (tertiary/aromatic N) is 1. The number of hydrogen-bond donors (Lipinski definition) is 1. The summed E-state index contributed by atoms with van der Waals surface area (Å²) in [6, 6.07) is 5.41. The molecule has 1 amide bonds. The zero-order chi connectivity index (χ0) is 14.0. The van der Waals surface area contributed by atoms with E-state index >= 15 is 0 Å². The van der Waals surface area contributed by atoms with Crippen LogP contribution >= 0.6 is 15.9 Å². The van der Waals surface area contributed by atoms with Crippen LogP contribution in [0, 0.1) is 12.8 Å². The molecule has 1 aliphatic carbocycles. The molecule has 0 spiro atoms. The summed E-state index contributed by atoms with van der Waals surface area (Å²) in [5, 5.41) is 8.93. The molecule has 0 atom stereocenters. The average Bonchev–Trinajstić information content (AvgIpc) is 3.10. The summed E-state index contributed by atoms with van der Waals surface area (Å²) < 4.78 is 0.911. The number of amides is 1. The van der Waals surface area contributed by atoms with Gasteiger partial charge in [-0.25, -0.2) is 0 Å². The highest BCUT2D eigenvalue weighted by atomic mass is 79.9. The van der Waals surface area contributed by atoms with Gasteiger partial charge in [0.1, 0.15) is 6.54 Å². The molecule has 0 radical (unpaired) electrons. The third kappa shape index (κ3) is 3.80. The Balaban J connectivity index is 2.19. The fraction of sp³-hybridized carbons (Fsp3) is 0.429. The van der Waals surface area contributed by atoms with E-state index in [-0.39, 0.29) is 12.5 Å². The number of carbonyl (C=O) groups excluding carboxylic acids is 1. The van der Waals surface area contributed by atoms with Gasteiger partial charge in [0.05, 0.1) is 0 Å². The van der Waals surface area contributed by atoms with E-state index in [2.05, 4.69) is 15.9 Å². The second-order valence-electron chi connectivity index (χ2n) is 4.98. The lowest BCUT2D eigenvalue weighted by Gasteiger charge is -2.21. The van der Waals surface area contributed by atoms with Gasteiger partial charge in [0.2, 0.25) is 0 Å². The smallest absolute Gasteiger partial charge is 0.323 e. The number of benzene rings is 1. The van der Waals surface area contributed by atoms with E-state index in [0.717, 1.165) is 22.9 Å².